The number of benzene rings is 1. The molecule has 0 spiro atoms. The number of amides is 2. The third-order valence-corrected chi connectivity index (χ3v) is 5.08. The molecule has 1 saturated carbocycles. The summed E-state index contributed by atoms with van der Waals surface area (Å²) in [6, 6.07) is 6.99. The average molecular weight is 340 g/mol. The minimum Gasteiger partial charge on any atom is -0.458 e. The highest BCUT2D eigenvalue weighted by atomic mass is 16.5. The van der Waals surface area contributed by atoms with E-state index in [2.05, 4.69) is 0 Å². The molecule has 25 heavy (non-hydrogen) atoms. The van der Waals surface area contributed by atoms with E-state index in [1.54, 1.807) is 41.3 Å². The van der Waals surface area contributed by atoms with Gasteiger partial charge >= 0.3 is 5.97 Å². The second kappa shape index (κ2) is 5.72. The van der Waals surface area contributed by atoms with Gasteiger partial charge in [-0.05, 0) is 31.9 Å². The molecule has 0 N–H and O–H groups in total. The van der Waals surface area contributed by atoms with Crippen molar-refractivity contribution in [3.63, 3.8) is 0 Å². The van der Waals surface area contributed by atoms with Gasteiger partial charge in [-0.25, -0.2) is 4.79 Å². The van der Waals surface area contributed by atoms with Crippen LogP contribution in [-0.4, -0.2) is 41.0 Å². The Morgan fingerprint density at radius 3 is 2.80 bits per heavy atom. The van der Waals surface area contributed by atoms with Gasteiger partial charge in [0.25, 0.3) is 5.91 Å². The van der Waals surface area contributed by atoms with Crippen LogP contribution in [0.25, 0.3) is 0 Å². The zero-order chi connectivity index (χ0) is 17.6. The maximum absolute atomic E-state index is 13.2. The van der Waals surface area contributed by atoms with Crippen molar-refractivity contribution in [2.45, 2.75) is 44.3 Å². The van der Waals surface area contributed by atoms with Gasteiger partial charge in [0.1, 0.15) is 6.61 Å². The molecule has 1 aliphatic carbocycles. The molecule has 0 aromatic heterocycles. The topological polar surface area (TPSA) is 66.9 Å². The largest absolute Gasteiger partial charge is 0.458 e. The Morgan fingerprint density at radius 1 is 1.32 bits per heavy atom. The van der Waals surface area contributed by atoms with Gasteiger partial charge in [-0.15, -0.1) is 0 Å². The number of anilines is 1. The fourth-order valence-electron chi connectivity index (χ4n) is 3.85. The first-order valence-electron chi connectivity index (χ1n) is 8.65. The highest BCUT2D eigenvalue weighted by molar-refractivity contribution is 6.15. The zero-order valence-corrected chi connectivity index (χ0v) is 14.1. The second-order valence-electron chi connectivity index (χ2n) is 6.64. The third kappa shape index (κ3) is 2.20. The molecule has 1 unspecified atom stereocenters. The summed E-state index contributed by atoms with van der Waals surface area (Å²) in [5, 5.41) is 0. The summed E-state index contributed by atoms with van der Waals surface area (Å²) < 4.78 is 5.43. The quantitative estimate of drug-likeness (QED) is 0.623. The van der Waals surface area contributed by atoms with E-state index in [0.29, 0.717) is 11.3 Å². The predicted molar refractivity (Wildman–Crippen MR) is 90.9 cm³/mol. The van der Waals surface area contributed by atoms with E-state index < -0.39 is 11.6 Å². The minimum atomic E-state index is -1.34. The van der Waals surface area contributed by atoms with Crippen molar-refractivity contribution in [2.24, 2.45) is 0 Å². The van der Waals surface area contributed by atoms with Gasteiger partial charge in [0, 0.05) is 18.9 Å². The van der Waals surface area contributed by atoms with Crippen molar-refractivity contribution in [1.29, 1.82) is 0 Å². The van der Waals surface area contributed by atoms with Crippen LogP contribution in [-0.2, 0) is 14.3 Å². The molecule has 2 fully saturated rings. The molecular weight excluding hydrogens is 320 g/mol. The summed E-state index contributed by atoms with van der Waals surface area (Å²) in [6.45, 7) is 1.97. The fourth-order valence-corrected chi connectivity index (χ4v) is 3.85. The molecule has 1 saturated heterocycles. The van der Waals surface area contributed by atoms with Crippen LogP contribution in [0.1, 0.15) is 43.0 Å². The zero-order valence-electron chi connectivity index (χ0n) is 14.1. The second-order valence-corrected chi connectivity index (χ2v) is 6.64. The molecule has 1 aromatic carbocycles. The monoisotopic (exact) mass is 340 g/mol. The van der Waals surface area contributed by atoms with Crippen molar-refractivity contribution >= 4 is 23.5 Å². The number of nitrogens with zero attached hydrogens (tertiary/aromatic N) is 2. The van der Waals surface area contributed by atoms with Crippen LogP contribution < -0.4 is 4.90 Å². The molecule has 6 heteroatoms. The fraction of sp³-hybridized carbons (Fsp3) is 0.421. The van der Waals surface area contributed by atoms with E-state index >= 15 is 0 Å². The number of carbonyl (C=O) groups excluding carboxylic acids is 3. The van der Waals surface area contributed by atoms with E-state index in [9.17, 15) is 14.4 Å². The Morgan fingerprint density at radius 2 is 2.08 bits per heavy atom. The van der Waals surface area contributed by atoms with Gasteiger partial charge in [0.05, 0.1) is 11.3 Å². The number of fused-ring (bicyclic) bond motifs is 3. The lowest BCUT2D eigenvalue weighted by Crippen LogP contribution is -2.69. The van der Waals surface area contributed by atoms with E-state index in [-0.39, 0.29) is 37.3 Å². The maximum Gasteiger partial charge on any atom is 0.354 e. The normalized spacial score (nSPS) is 25.3. The lowest BCUT2D eigenvalue weighted by Gasteiger charge is -2.48. The number of para-hydroxylation sites is 1. The molecule has 2 amide bonds. The third-order valence-electron chi connectivity index (χ3n) is 5.08. The van der Waals surface area contributed by atoms with Crippen LogP contribution in [0.2, 0.25) is 0 Å². The van der Waals surface area contributed by atoms with Crippen molar-refractivity contribution < 1.29 is 19.1 Å². The van der Waals surface area contributed by atoms with Crippen LogP contribution in [0.5, 0.6) is 0 Å². The summed E-state index contributed by atoms with van der Waals surface area (Å²) in [5.41, 5.74) is -0.359. The number of ether oxygens (including phenoxy) is 1. The van der Waals surface area contributed by atoms with E-state index in [1.807, 2.05) is 6.92 Å². The van der Waals surface area contributed by atoms with E-state index in [1.165, 1.54) is 4.90 Å². The van der Waals surface area contributed by atoms with Crippen LogP contribution in [0.3, 0.4) is 0 Å². The van der Waals surface area contributed by atoms with Crippen LogP contribution in [0, 0.1) is 0 Å². The first-order chi connectivity index (χ1) is 12.1. The first-order valence-corrected chi connectivity index (χ1v) is 8.65. The van der Waals surface area contributed by atoms with Crippen LogP contribution in [0.15, 0.2) is 36.4 Å². The lowest BCUT2D eigenvalue weighted by atomic mass is 9.96. The lowest BCUT2D eigenvalue weighted by molar-refractivity contribution is -0.156. The van der Waals surface area contributed by atoms with Crippen molar-refractivity contribution in [3.8, 4) is 0 Å². The van der Waals surface area contributed by atoms with Crippen LogP contribution >= 0.6 is 0 Å². The Hall–Kier alpha value is -2.63. The molecule has 1 atom stereocenters. The average Bonchev–Trinajstić information content (AvgIpc) is 3.38. The number of hydrogen-bond donors (Lipinski definition) is 0. The molecule has 3 aliphatic rings. The van der Waals surface area contributed by atoms with Gasteiger partial charge in [0.15, 0.2) is 0 Å². The standard InChI is InChI=1S/C19H20N2O4/c1-2-3-12-25-18(24)19-11-10-16(22)21(19)15-7-5-4-6-14(15)17(23)20(19)13-8-9-13/h2-7,13H,8-12H2,1H3/b3-2+. The molecule has 1 aromatic rings. The summed E-state index contributed by atoms with van der Waals surface area (Å²) >= 11 is 0. The Bertz CT molecular complexity index is 783. The number of rotatable bonds is 4. The molecule has 130 valence electrons. The number of esters is 1. The molecule has 6 nitrogen and oxygen atoms in total. The van der Waals surface area contributed by atoms with Gasteiger partial charge in [-0.1, -0.05) is 24.3 Å². The molecule has 2 aliphatic heterocycles. The summed E-state index contributed by atoms with van der Waals surface area (Å²) in [7, 11) is 0. The van der Waals surface area contributed by atoms with Gasteiger partial charge in [-0.2, -0.15) is 0 Å². The molecular formula is C19H20N2O4. The number of carbonyl (C=O) groups is 3. The predicted octanol–water partition coefficient (Wildman–Crippen LogP) is 2.25. The molecule has 0 radical (unpaired) electrons. The molecule has 2 heterocycles. The van der Waals surface area contributed by atoms with Gasteiger partial charge in [-0.3, -0.25) is 14.5 Å². The summed E-state index contributed by atoms with van der Waals surface area (Å²) in [6.07, 6.45) is 5.72. The Balaban J connectivity index is 1.85. The highest BCUT2D eigenvalue weighted by Crippen LogP contribution is 2.49. The van der Waals surface area contributed by atoms with E-state index in [0.717, 1.165) is 12.8 Å². The highest BCUT2D eigenvalue weighted by Gasteiger charge is 2.64. The maximum atomic E-state index is 13.2. The number of allylic oxidation sites excluding steroid dienone is 1. The Kier molecular flexibility index (Phi) is 3.63. The van der Waals surface area contributed by atoms with Gasteiger partial charge in [0.2, 0.25) is 11.6 Å². The first kappa shape index (κ1) is 15.9. The smallest absolute Gasteiger partial charge is 0.354 e. The number of hydrogen-bond acceptors (Lipinski definition) is 4. The minimum absolute atomic E-state index is 0.0106. The summed E-state index contributed by atoms with van der Waals surface area (Å²) in [5.74, 6) is -0.855. The van der Waals surface area contributed by atoms with Gasteiger partial charge < -0.3 is 9.64 Å². The Labute approximate surface area is 146 Å². The SMILES string of the molecule is C/C=C/COC(=O)C12CCC(=O)N1c1ccccc1C(=O)N2C1CC1. The van der Waals surface area contributed by atoms with Crippen LogP contribution in [0.4, 0.5) is 5.69 Å². The van der Waals surface area contributed by atoms with Crippen molar-refractivity contribution in [3.05, 3.63) is 42.0 Å². The van der Waals surface area contributed by atoms with Crippen molar-refractivity contribution in [1.82, 2.24) is 4.90 Å². The summed E-state index contributed by atoms with van der Waals surface area (Å²) in [4.78, 5) is 42.0. The van der Waals surface area contributed by atoms with E-state index in [4.69, 9.17) is 4.74 Å². The molecule has 0 bridgehead atoms. The molecule has 4 rings (SSSR count). The van der Waals surface area contributed by atoms with Crippen molar-refractivity contribution in [2.75, 3.05) is 11.5 Å².